The number of nitrogens with one attached hydrogen (secondary N) is 3. The van der Waals surface area contributed by atoms with Gasteiger partial charge >= 0.3 is 0 Å². The maximum Gasteiger partial charge on any atom is 0.226 e. The molecule has 2 aliphatic rings. The van der Waals surface area contributed by atoms with Gasteiger partial charge in [-0.2, -0.15) is 11.8 Å². The van der Waals surface area contributed by atoms with Crippen molar-refractivity contribution in [2.75, 3.05) is 28.7 Å². The van der Waals surface area contributed by atoms with Crippen LogP contribution in [0.2, 0.25) is 5.02 Å². The first-order chi connectivity index (χ1) is 10.2. The van der Waals surface area contributed by atoms with Crippen LogP contribution in [0, 0.1) is 0 Å². The summed E-state index contributed by atoms with van der Waals surface area (Å²) in [4.78, 5) is 12.2. The fourth-order valence-corrected chi connectivity index (χ4v) is 3.49. The van der Waals surface area contributed by atoms with Gasteiger partial charge in [0.2, 0.25) is 5.91 Å². The third-order valence-electron chi connectivity index (χ3n) is 3.62. The molecule has 6 heteroatoms. The lowest BCUT2D eigenvalue weighted by Gasteiger charge is -2.23. The molecule has 1 saturated carbocycles. The number of amides is 1. The molecule has 3 rings (SSSR count). The van der Waals surface area contributed by atoms with E-state index in [2.05, 4.69) is 16.0 Å². The van der Waals surface area contributed by atoms with Gasteiger partial charge in [0.05, 0.1) is 11.4 Å². The maximum atomic E-state index is 12.2. The second-order valence-electron chi connectivity index (χ2n) is 5.59. The Morgan fingerprint density at radius 1 is 1.38 bits per heavy atom. The van der Waals surface area contributed by atoms with Crippen LogP contribution in [0.4, 0.5) is 11.4 Å². The molecule has 1 aliphatic heterocycles. The van der Waals surface area contributed by atoms with Crippen molar-refractivity contribution in [3.63, 3.8) is 0 Å². The Morgan fingerprint density at radius 3 is 2.95 bits per heavy atom. The number of benzene rings is 1. The number of anilines is 2. The summed E-state index contributed by atoms with van der Waals surface area (Å²) in [5.41, 5.74) is 1.74. The van der Waals surface area contributed by atoms with Crippen molar-refractivity contribution in [3.05, 3.63) is 23.2 Å². The highest BCUT2D eigenvalue weighted by atomic mass is 35.5. The van der Waals surface area contributed by atoms with Crippen molar-refractivity contribution in [2.24, 2.45) is 0 Å². The third-order valence-corrected chi connectivity index (χ3v) is 4.99. The number of halogens is 1. The average Bonchev–Trinajstić information content (AvgIpc) is 3.27. The van der Waals surface area contributed by atoms with E-state index in [0.29, 0.717) is 17.5 Å². The number of hydrogen-bond donors (Lipinski definition) is 3. The van der Waals surface area contributed by atoms with Crippen molar-refractivity contribution in [3.8, 4) is 0 Å². The molecular formula is C15H20ClN3OS. The molecule has 0 bridgehead atoms. The summed E-state index contributed by atoms with van der Waals surface area (Å²) < 4.78 is 0. The summed E-state index contributed by atoms with van der Waals surface area (Å²) in [5.74, 6) is 2.16. The largest absolute Gasteiger partial charge is 0.381 e. The molecule has 1 aromatic rings. The number of thioether (sulfide) groups is 1. The summed E-state index contributed by atoms with van der Waals surface area (Å²) >= 11 is 7.95. The van der Waals surface area contributed by atoms with E-state index in [1.54, 1.807) is 0 Å². The number of hydrogen-bond acceptors (Lipinski definition) is 4. The van der Waals surface area contributed by atoms with Crippen LogP contribution in [-0.4, -0.2) is 36.0 Å². The van der Waals surface area contributed by atoms with Crippen LogP contribution >= 0.6 is 23.4 Å². The molecule has 114 valence electrons. The first-order valence-corrected chi connectivity index (χ1v) is 8.91. The minimum Gasteiger partial charge on any atom is -0.381 e. The second kappa shape index (κ2) is 6.90. The van der Waals surface area contributed by atoms with Gasteiger partial charge in [-0.1, -0.05) is 11.6 Å². The highest BCUT2D eigenvalue weighted by Gasteiger charge is 2.23. The number of carbonyl (C=O) groups excluding carboxylic acids is 1. The molecule has 1 heterocycles. The van der Waals surface area contributed by atoms with E-state index < -0.39 is 0 Å². The summed E-state index contributed by atoms with van der Waals surface area (Å²) in [6.07, 6.45) is 2.89. The highest BCUT2D eigenvalue weighted by molar-refractivity contribution is 7.99. The standard InChI is InChI=1S/C15H20ClN3OS/c16-10-1-4-13(18-11-2-3-11)14(7-10)19-15(20)8-12-9-21-6-5-17-12/h1,4,7,11-12,17-18H,2-3,5-6,8-9H2,(H,19,20). The molecular weight excluding hydrogens is 306 g/mol. The van der Waals surface area contributed by atoms with Crippen LogP contribution in [0.3, 0.4) is 0 Å². The van der Waals surface area contributed by atoms with E-state index in [-0.39, 0.29) is 11.9 Å². The molecule has 2 fully saturated rings. The fourth-order valence-electron chi connectivity index (χ4n) is 2.37. The van der Waals surface area contributed by atoms with E-state index in [4.69, 9.17) is 11.6 Å². The zero-order valence-corrected chi connectivity index (χ0v) is 13.4. The van der Waals surface area contributed by atoms with E-state index in [1.165, 1.54) is 12.8 Å². The van der Waals surface area contributed by atoms with Gasteiger partial charge in [-0.3, -0.25) is 4.79 Å². The van der Waals surface area contributed by atoms with Gasteiger partial charge < -0.3 is 16.0 Å². The van der Waals surface area contributed by atoms with Crippen molar-refractivity contribution >= 4 is 40.6 Å². The van der Waals surface area contributed by atoms with Crippen molar-refractivity contribution in [2.45, 2.75) is 31.3 Å². The SMILES string of the molecule is O=C(CC1CSCCN1)Nc1cc(Cl)ccc1NC1CC1. The third kappa shape index (κ3) is 4.53. The lowest BCUT2D eigenvalue weighted by Crippen LogP contribution is -2.39. The molecule has 1 amide bonds. The fraction of sp³-hybridized carbons (Fsp3) is 0.533. The minimum atomic E-state index is 0.0381. The highest BCUT2D eigenvalue weighted by Crippen LogP contribution is 2.31. The van der Waals surface area contributed by atoms with Gasteiger partial charge in [0.25, 0.3) is 0 Å². The monoisotopic (exact) mass is 325 g/mol. The lowest BCUT2D eigenvalue weighted by atomic mass is 10.2. The zero-order chi connectivity index (χ0) is 14.7. The summed E-state index contributed by atoms with van der Waals surface area (Å²) in [6.45, 7) is 0.980. The van der Waals surface area contributed by atoms with Gasteiger partial charge in [0.1, 0.15) is 0 Å². The molecule has 1 aliphatic carbocycles. The predicted molar refractivity (Wildman–Crippen MR) is 90.5 cm³/mol. The van der Waals surface area contributed by atoms with Gasteiger partial charge in [0.15, 0.2) is 0 Å². The summed E-state index contributed by atoms with van der Waals surface area (Å²) in [6, 6.07) is 6.40. The molecule has 1 unspecified atom stereocenters. The first-order valence-electron chi connectivity index (χ1n) is 7.38. The van der Waals surface area contributed by atoms with Crippen LogP contribution in [-0.2, 0) is 4.79 Å². The van der Waals surface area contributed by atoms with Crippen molar-refractivity contribution in [1.82, 2.24) is 5.32 Å². The Morgan fingerprint density at radius 2 is 2.24 bits per heavy atom. The van der Waals surface area contributed by atoms with Gasteiger partial charge in [-0.25, -0.2) is 0 Å². The van der Waals surface area contributed by atoms with Crippen molar-refractivity contribution in [1.29, 1.82) is 0 Å². The van der Waals surface area contributed by atoms with Crippen LogP contribution in [0.15, 0.2) is 18.2 Å². The van der Waals surface area contributed by atoms with Crippen LogP contribution in [0.25, 0.3) is 0 Å². The Balaban J connectivity index is 1.62. The summed E-state index contributed by atoms with van der Waals surface area (Å²) in [7, 11) is 0. The molecule has 21 heavy (non-hydrogen) atoms. The molecule has 3 N–H and O–H groups in total. The van der Waals surface area contributed by atoms with Gasteiger partial charge in [-0.05, 0) is 31.0 Å². The molecule has 1 aromatic carbocycles. The molecule has 0 radical (unpaired) electrons. The Kier molecular flexibility index (Phi) is 4.93. The van der Waals surface area contributed by atoms with Crippen LogP contribution in [0.5, 0.6) is 0 Å². The number of carbonyl (C=O) groups is 1. The quantitative estimate of drug-likeness (QED) is 0.779. The normalized spacial score (nSPS) is 21.9. The topological polar surface area (TPSA) is 53.2 Å². The second-order valence-corrected chi connectivity index (χ2v) is 7.17. The maximum absolute atomic E-state index is 12.2. The summed E-state index contributed by atoms with van der Waals surface area (Å²) in [5, 5.41) is 10.4. The zero-order valence-electron chi connectivity index (χ0n) is 11.8. The van der Waals surface area contributed by atoms with E-state index in [1.807, 2.05) is 30.0 Å². The van der Waals surface area contributed by atoms with Gasteiger partial charge in [0, 0.05) is 41.6 Å². The molecule has 1 atom stereocenters. The van der Waals surface area contributed by atoms with E-state index >= 15 is 0 Å². The van der Waals surface area contributed by atoms with Gasteiger partial charge in [-0.15, -0.1) is 0 Å². The molecule has 0 aromatic heterocycles. The molecule has 4 nitrogen and oxygen atoms in total. The lowest BCUT2D eigenvalue weighted by molar-refractivity contribution is -0.116. The van der Waals surface area contributed by atoms with Crippen LogP contribution in [0.1, 0.15) is 19.3 Å². The van der Waals surface area contributed by atoms with E-state index in [9.17, 15) is 4.79 Å². The van der Waals surface area contributed by atoms with E-state index in [0.717, 1.165) is 29.4 Å². The Labute approximate surface area is 134 Å². The predicted octanol–water partition coefficient (Wildman–Crippen LogP) is 2.95. The van der Waals surface area contributed by atoms with Crippen LogP contribution < -0.4 is 16.0 Å². The first kappa shape index (κ1) is 15.0. The number of rotatable bonds is 5. The Hall–Kier alpha value is -0.910. The van der Waals surface area contributed by atoms with Crippen molar-refractivity contribution < 1.29 is 4.79 Å². The smallest absolute Gasteiger partial charge is 0.226 e. The Bertz CT molecular complexity index is 516. The minimum absolute atomic E-state index is 0.0381. The molecule has 1 saturated heterocycles. The molecule has 0 spiro atoms. The average molecular weight is 326 g/mol.